The summed E-state index contributed by atoms with van der Waals surface area (Å²) in [6.07, 6.45) is 0. The average Bonchev–Trinajstić information content (AvgIpc) is 2.41. The number of nitrogens with two attached hydrogens (primary N) is 2. The van der Waals surface area contributed by atoms with Crippen molar-refractivity contribution in [3.8, 4) is 11.5 Å². The summed E-state index contributed by atoms with van der Waals surface area (Å²) in [6.45, 7) is 0. The highest BCUT2D eigenvalue weighted by Gasteiger charge is 2.41. The fourth-order valence-electron chi connectivity index (χ4n) is 1.16. The van der Waals surface area contributed by atoms with Crippen molar-refractivity contribution in [2.24, 2.45) is 11.8 Å². The Morgan fingerprint density at radius 1 is 0.727 bits per heavy atom. The van der Waals surface area contributed by atoms with Crippen molar-refractivity contribution >= 4 is 33.0 Å². The van der Waals surface area contributed by atoms with Crippen molar-refractivity contribution in [1.82, 2.24) is 0 Å². The molecule has 0 fully saturated rings. The second-order valence-electron chi connectivity index (χ2n) is 2.83. The van der Waals surface area contributed by atoms with E-state index < -0.39 is 47.8 Å². The van der Waals surface area contributed by atoms with Gasteiger partial charge in [0.25, 0.3) is 11.5 Å². The highest BCUT2D eigenvalue weighted by Crippen LogP contribution is 2.53. The Kier molecular flexibility index (Phi) is 9.15. The van der Waals surface area contributed by atoms with Crippen molar-refractivity contribution in [3.63, 3.8) is 0 Å². The number of hydrogen-bond donors (Lipinski definition) is 6. The lowest BCUT2D eigenvalue weighted by Gasteiger charge is -2.03. The van der Waals surface area contributed by atoms with Crippen LogP contribution in [0, 0.1) is 30.3 Å². The van der Waals surface area contributed by atoms with E-state index in [1.807, 2.05) is 0 Å². The minimum atomic E-state index is -1.50. The summed E-state index contributed by atoms with van der Waals surface area (Å²) in [6, 6.07) is 0. The molecule has 0 aliphatic heterocycles. The summed E-state index contributed by atoms with van der Waals surface area (Å²) >= 11 is 2.44. The minimum Gasteiger partial charge on any atom is -0.497 e. The Balaban J connectivity index is 0. The Bertz CT molecular complexity index is 490. The number of phenols is 2. The molecule has 0 aromatic heterocycles. The van der Waals surface area contributed by atoms with Crippen molar-refractivity contribution in [3.05, 3.63) is 34.8 Å². The number of phenolic OH excluding ortho intramolecular Hbond substituents is 2. The van der Waals surface area contributed by atoms with Gasteiger partial charge in [-0.2, -0.15) is 0 Å². The SMILES string of the molecule is NO.NO.O=[N+]([O-])c1c(O)c([N+](=O)[O-])c(Br)c([N+](=O)[O-])c1O. The first-order valence-electron chi connectivity index (χ1n) is 4.42. The predicted octanol–water partition coefficient (Wildman–Crippen LogP) is 0.254. The van der Waals surface area contributed by atoms with E-state index in [4.69, 9.17) is 10.4 Å². The zero-order valence-corrected chi connectivity index (χ0v) is 11.7. The zero-order valence-electron chi connectivity index (χ0n) is 10.1. The lowest BCUT2D eigenvalue weighted by molar-refractivity contribution is -0.406. The van der Waals surface area contributed by atoms with Crippen LogP contribution in [0.1, 0.15) is 0 Å². The van der Waals surface area contributed by atoms with Gasteiger partial charge in [-0.05, 0) is 15.9 Å². The average molecular weight is 390 g/mol. The molecule has 124 valence electrons. The van der Waals surface area contributed by atoms with E-state index in [1.165, 1.54) is 0 Å². The van der Waals surface area contributed by atoms with Gasteiger partial charge in [-0.25, -0.2) is 11.8 Å². The van der Waals surface area contributed by atoms with Crippen LogP contribution in [0.3, 0.4) is 0 Å². The molecule has 1 aromatic rings. The highest BCUT2D eigenvalue weighted by molar-refractivity contribution is 9.10. The second-order valence-corrected chi connectivity index (χ2v) is 3.62. The molecule has 0 aliphatic rings. The Hall–Kier alpha value is -2.66. The smallest absolute Gasteiger partial charge is 0.366 e. The van der Waals surface area contributed by atoms with Crippen LogP contribution in [0.15, 0.2) is 4.47 Å². The monoisotopic (exact) mass is 389 g/mol. The van der Waals surface area contributed by atoms with Gasteiger partial charge >= 0.3 is 17.1 Å². The third-order valence-electron chi connectivity index (χ3n) is 1.86. The molecule has 0 heterocycles. The Morgan fingerprint density at radius 2 is 0.955 bits per heavy atom. The van der Waals surface area contributed by atoms with Crippen LogP contribution in [-0.4, -0.2) is 35.4 Å². The van der Waals surface area contributed by atoms with Crippen LogP contribution < -0.4 is 11.8 Å². The van der Waals surface area contributed by atoms with Crippen molar-refractivity contribution in [2.75, 3.05) is 0 Å². The number of nitro benzene ring substituents is 3. The number of halogens is 1. The summed E-state index contributed by atoms with van der Waals surface area (Å²) in [5.74, 6) is 4.06. The van der Waals surface area contributed by atoms with E-state index in [2.05, 4.69) is 27.7 Å². The van der Waals surface area contributed by atoms with Crippen LogP contribution >= 0.6 is 15.9 Å². The second kappa shape index (κ2) is 9.31. The maximum absolute atomic E-state index is 10.6. The van der Waals surface area contributed by atoms with E-state index in [1.54, 1.807) is 0 Å². The van der Waals surface area contributed by atoms with Crippen molar-refractivity contribution in [2.45, 2.75) is 0 Å². The molecule has 0 unspecified atom stereocenters. The molecule has 0 radical (unpaired) electrons. The van der Waals surface area contributed by atoms with Gasteiger partial charge in [0.05, 0.1) is 14.8 Å². The predicted molar refractivity (Wildman–Crippen MR) is 69.4 cm³/mol. The van der Waals surface area contributed by atoms with Gasteiger partial charge in [0.1, 0.15) is 0 Å². The molecular formula is C6H8BrN5O10. The lowest BCUT2D eigenvalue weighted by atomic mass is 10.2. The molecule has 0 atom stereocenters. The molecule has 1 aromatic carbocycles. The largest absolute Gasteiger partial charge is 0.497 e. The van der Waals surface area contributed by atoms with Gasteiger partial charge in [-0.15, -0.1) is 0 Å². The van der Waals surface area contributed by atoms with Gasteiger partial charge in [0, 0.05) is 0 Å². The molecule has 15 nitrogen and oxygen atoms in total. The minimum absolute atomic E-state index is 0.863. The molecule has 1 rings (SSSR count). The maximum atomic E-state index is 10.6. The highest BCUT2D eigenvalue weighted by atomic mass is 79.9. The van der Waals surface area contributed by atoms with Gasteiger partial charge in [-0.3, -0.25) is 30.3 Å². The summed E-state index contributed by atoms with van der Waals surface area (Å²) in [5, 5.41) is 63.3. The first-order valence-corrected chi connectivity index (χ1v) is 5.21. The molecule has 0 aliphatic carbocycles. The standard InChI is InChI=1S/C6H2BrN3O8.2H3NO/c7-1-2(8(13)14)5(11)4(10(17)18)6(12)3(1)9(15)16;2*1-2/h11-12H;2*2H,1H2. The number of rotatable bonds is 3. The first-order chi connectivity index (χ1) is 10.2. The summed E-state index contributed by atoms with van der Waals surface area (Å²) in [7, 11) is 0. The number of nitro groups is 3. The molecule has 8 N–H and O–H groups in total. The lowest BCUT2D eigenvalue weighted by Crippen LogP contribution is -2.00. The molecule has 0 saturated carbocycles. The van der Waals surface area contributed by atoms with Crippen LogP contribution in [-0.2, 0) is 0 Å². The topological polar surface area (TPSA) is 262 Å². The molecular weight excluding hydrogens is 382 g/mol. The third kappa shape index (κ3) is 4.17. The Labute approximate surface area is 127 Å². The number of aromatic hydroxyl groups is 2. The van der Waals surface area contributed by atoms with E-state index in [0.717, 1.165) is 0 Å². The summed E-state index contributed by atoms with van der Waals surface area (Å²) < 4.78 is -0.863. The molecule has 0 bridgehead atoms. The van der Waals surface area contributed by atoms with Crippen LogP contribution in [0.25, 0.3) is 0 Å². The zero-order chi connectivity index (χ0) is 18.2. The fraction of sp³-hybridized carbons (Fsp3) is 0. The third-order valence-corrected chi connectivity index (χ3v) is 2.61. The first kappa shape index (κ1) is 21.6. The summed E-state index contributed by atoms with van der Waals surface area (Å²) in [4.78, 5) is 27.8. The van der Waals surface area contributed by atoms with Crippen LogP contribution in [0.5, 0.6) is 11.5 Å². The van der Waals surface area contributed by atoms with Crippen molar-refractivity contribution in [1.29, 1.82) is 0 Å². The van der Waals surface area contributed by atoms with E-state index in [0.29, 0.717) is 0 Å². The van der Waals surface area contributed by atoms with E-state index in [-0.39, 0.29) is 0 Å². The Morgan fingerprint density at radius 3 is 1.14 bits per heavy atom. The number of benzene rings is 1. The van der Waals surface area contributed by atoms with Crippen LogP contribution in [0.2, 0.25) is 0 Å². The summed E-state index contributed by atoms with van der Waals surface area (Å²) in [5.41, 5.74) is -4.05. The van der Waals surface area contributed by atoms with E-state index in [9.17, 15) is 40.6 Å². The van der Waals surface area contributed by atoms with E-state index >= 15 is 0 Å². The van der Waals surface area contributed by atoms with Gasteiger partial charge < -0.3 is 20.6 Å². The molecule has 0 amide bonds. The molecule has 0 spiro atoms. The van der Waals surface area contributed by atoms with Crippen molar-refractivity contribution < 1.29 is 35.4 Å². The van der Waals surface area contributed by atoms with Crippen LogP contribution in [0.4, 0.5) is 17.1 Å². The fourth-order valence-corrected chi connectivity index (χ4v) is 1.83. The number of hydrogen-bond acceptors (Lipinski definition) is 12. The number of nitrogens with zero attached hydrogens (tertiary/aromatic N) is 3. The van der Waals surface area contributed by atoms with Gasteiger partial charge in [0.15, 0.2) is 4.47 Å². The maximum Gasteiger partial charge on any atom is 0.366 e. The molecule has 0 saturated heterocycles. The van der Waals surface area contributed by atoms with Gasteiger partial charge in [-0.1, -0.05) is 0 Å². The molecule has 16 heteroatoms. The normalized spacial score (nSPS) is 8.77. The molecule has 22 heavy (non-hydrogen) atoms. The van der Waals surface area contributed by atoms with Gasteiger partial charge in [0.2, 0.25) is 0 Å². The quantitative estimate of drug-likeness (QED) is 0.299.